The zero-order valence-corrected chi connectivity index (χ0v) is 45.0. The monoisotopic (exact) mass is 1080 g/mol. The van der Waals surface area contributed by atoms with Crippen LogP contribution < -0.4 is 20.1 Å². The normalized spacial score (nSPS) is 12.6. The van der Waals surface area contributed by atoms with Crippen LogP contribution in [0.25, 0.3) is 0 Å². The van der Waals surface area contributed by atoms with E-state index in [4.69, 9.17) is 28.4 Å². The second-order valence-electron chi connectivity index (χ2n) is 19.7. The number of benzene rings is 4. The maximum absolute atomic E-state index is 13.8. The molecule has 20 heteroatoms. The molecule has 0 bridgehead atoms. The average Bonchev–Trinajstić information content (AvgIpc) is 3.38. The molecule has 78 heavy (non-hydrogen) atoms. The fourth-order valence-corrected chi connectivity index (χ4v) is 8.16. The van der Waals surface area contributed by atoms with Gasteiger partial charge >= 0.3 is 35.8 Å². The summed E-state index contributed by atoms with van der Waals surface area (Å²) in [5.41, 5.74) is 2.54. The number of rotatable bonds is 32. The lowest BCUT2D eigenvalue weighted by Crippen LogP contribution is -2.42. The van der Waals surface area contributed by atoms with Gasteiger partial charge in [0.15, 0.2) is 23.0 Å². The van der Waals surface area contributed by atoms with Crippen molar-refractivity contribution < 1.29 is 87.2 Å². The molecule has 20 nitrogen and oxygen atoms in total. The fourth-order valence-electron chi connectivity index (χ4n) is 8.16. The van der Waals surface area contributed by atoms with E-state index in [9.17, 15) is 58.8 Å². The highest BCUT2D eigenvalue weighted by molar-refractivity contribution is 5.88. The van der Waals surface area contributed by atoms with Crippen LogP contribution >= 0.6 is 0 Å². The molecule has 4 atom stereocenters. The highest BCUT2D eigenvalue weighted by atomic mass is 16.6. The standard InChI is InChI=1S/C58H72N2O18/c1-35(2)27-42(55(69)73-24-26-76-58(72)48(28-36(3)4)60-37(5)61)33-44(62)34-43(29-38-7-15-45(16-8-38)77-53(67)21-13-40-11-19-49(63)51(65)31-40)56(70)74-23-25-75-57(71)47(59-6)30-39-9-17-46(18-10-39)78-54(68)22-14-41-12-20-50(64)52(66)32-41/h7-12,15-20,31-32,35-36,42-43,47-48,59,63-66H,13-14,21-30,33-34H2,1-6H3,(H,60,61). The van der Waals surface area contributed by atoms with E-state index >= 15 is 0 Å². The fraction of sp³-hybridized carbons (Fsp3) is 0.448. The average molecular weight is 1090 g/mol. The minimum Gasteiger partial charge on any atom is -0.504 e. The van der Waals surface area contributed by atoms with Crippen LogP contribution in [0.4, 0.5) is 0 Å². The second-order valence-corrected chi connectivity index (χ2v) is 19.7. The van der Waals surface area contributed by atoms with E-state index in [1.54, 1.807) is 55.6 Å². The third-order valence-electron chi connectivity index (χ3n) is 12.1. The van der Waals surface area contributed by atoms with Crippen molar-refractivity contribution in [1.29, 1.82) is 0 Å². The molecule has 0 aliphatic heterocycles. The molecular weight excluding hydrogens is 1010 g/mol. The van der Waals surface area contributed by atoms with Gasteiger partial charge in [0.25, 0.3) is 0 Å². The number of hydrogen-bond acceptors (Lipinski definition) is 19. The number of carbonyl (C=O) groups excluding carboxylic acids is 8. The van der Waals surface area contributed by atoms with Gasteiger partial charge in [-0.25, -0.2) is 4.79 Å². The molecule has 0 spiro atoms. The van der Waals surface area contributed by atoms with Gasteiger partial charge in [-0.1, -0.05) is 64.1 Å². The van der Waals surface area contributed by atoms with Gasteiger partial charge in [-0.15, -0.1) is 0 Å². The molecule has 1 amide bonds. The molecule has 0 fully saturated rings. The zero-order chi connectivity index (χ0) is 57.3. The molecule has 0 saturated heterocycles. The van der Waals surface area contributed by atoms with Crippen molar-refractivity contribution in [2.24, 2.45) is 23.7 Å². The summed E-state index contributed by atoms with van der Waals surface area (Å²) in [5, 5.41) is 44.0. The Kier molecular flexibility index (Phi) is 25.6. The van der Waals surface area contributed by atoms with E-state index in [1.165, 1.54) is 43.3 Å². The highest BCUT2D eigenvalue weighted by Crippen LogP contribution is 2.28. The Hall–Kier alpha value is -8.00. The molecule has 6 N–H and O–H groups in total. The molecule has 0 aromatic heterocycles. The van der Waals surface area contributed by atoms with Gasteiger partial charge in [0.05, 0.1) is 11.8 Å². The molecule has 4 rings (SSSR count). The number of phenolic OH excluding ortho intramolecular Hbond substituents is 4. The first-order valence-electron chi connectivity index (χ1n) is 25.8. The van der Waals surface area contributed by atoms with Gasteiger partial charge in [-0.05, 0) is 128 Å². The van der Waals surface area contributed by atoms with Crippen LogP contribution in [0.2, 0.25) is 0 Å². The van der Waals surface area contributed by atoms with Gasteiger partial charge in [0.1, 0.15) is 55.8 Å². The largest absolute Gasteiger partial charge is 0.504 e. The summed E-state index contributed by atoms with van der Waals surface area (Å²) in [5.74, 6) is -7.26. The summed E-state index contributed by atoms with van der Waals surface area (Å²) in [6.07, 6.45) is 0.698. The van der Waals surface area contributed by atoms with Crippen molar-refractivity contribution in [3.05, 3.63) is 107 Å². The van der Waals surface area contributed by atoms with Crippen molar-refractivity contribution in [2.75, 3.05) is 33.5 Å². The number of ketones is 1. The highest BCUT2D eigenvalue weighted by Gasteiger charge is 2.30. The summed E-state index contributed by atoms with van der Waals surface area (Å²) >= 11 is 0. The van der Waals surface area contributed by atoms with Crippen LogP contribution in [-0.2, 0) is 83.0 Å². The molecular formula is C58H72N2O18. The Morgan fingerprint density at radius 3 is 1.29 bits per heavy atom. The summed E-state index contributed by atoms with van der Waals surface area (Å²) in [6, 6.07) is 19.7. The van der Waals surface area contributed by atoms with Gasteiger partial charge < -0.3 is 59.5 Å². The number of carbonyl (C=O) groups is 8. The first-order chi connectivity index (χ1) is 37.1. The van der Waals surface area contributed by atoms with E-state index in [1.807, 2.05) is 27.7 Å². The van der Waals surface area contributed by atoms with Crippen LogP contribution in [0.15, 0.2) is 84.9 Å². The van der Waals surface area contributed by atoms with Crippen LogP contribution in [0.3, 0.4) is 0 Å². The first-order valence-corrected chi connectivity index (χ1v) is 25.8. The summed E-state index contributed by atoms with van der Waals surface area (Å²) in [7, 11) is 1.57. The third-order valence-corrected chi connectivity index (χ3v) is 12.1. The minimum atomic E-state index is -1.07. The first kappa shape index (κ1) is 62.5. The number of amides is 1. The van der Waals surface area contributed by atoms with Crippen LogP contribution in [-0.4, -0.2) is 113 Å². The van der Waals surface area contributed by atoms with Gasteiger partial charge in [0.2, 0.25) is 5.91 Å². The number of ether oxygens (including phenoxy) is 6. The molecule has 0 radical (unpaired) electrons. The van der Waals surface area contributed by atoms with Crippen molar-refractivity contribution in [3.8, 4) is 34.5 Å². The maximum Gasteiger partial charge on any atom is 0.328 e. The molecule has 4 aromatic carbocycles. The zero-order valence-electron chi connectivity index (χ0n) is 45.0. The molecule has 0 saturated carbocycles. The number of likely N-dealkylation sites (N-methyl/N-ethyl adjacent to an activating group) is 1. The van der Waals surface area contributed by atoms with E-state index in [0.717, 1.165) is 0 Å². The molecule has 4 unspecified atom stereocenters. The lowest BCUT2D eigenvalue weighted by Gasteiger charge is -2.20. The number of Topliss-reactive ketones (excluding diaryl/α,β-unsaturated/α-hetero) is 1. The van der Waals surface area contributed by atoms with Gasteiger partial charge in [-0.2, -0.15) is 0 Å². The Labute approximate surface area is 453 Å². The smallest absolute Gasteiger partial charge is 0.328 e. The number of aromatic hydroxyl groups is 4. The third kappa shape index (κ3) is 22.7. The molecule has 0 heterocycles. The van der Waals surface area contributed by atoms with Crippen molar-refractivity contribution >= 4 is 47.5 Å². The summed E-state index contributed by atoms with van der Waals surface area (Å²) < 4.78 is 32.6. The molecule has 0 aliphatic carbocycles. The summed E-state index contributed by atoms with van der Waals surface area (Å²) in [6.45, 7) is 7.56. The van der Waals surface area contributed by atoms with Gasteiger partial charge in [-0.3, -0.25) is 33.6 Å². The van der Waals surface area contributed by atoms with Crippen LogP contribution in [0, 0.1) is 23.7 Å². The maximum atomic E-state index is 13.8. The number of phenols is 4. The quantitative estimate of drug-likeness (QED) is 0.0103. The number of aryl methyl sites for hydroxylation is 2. The number of hydrogen-bond donors (Lipinski definition) is 6. The predicted octanol–water partition coefficient (Wildman–Crippen LogP) is 6.31. The second kappa shape index (κ2) is 31.9. The van der Waals surface area contributed by atoms with E-state index < -0.39 is 71.4 Å². The molecule has 0 aliphatic rings. The Morgan fingerprint density at radius 1 is 0.474 bits per heavy atom. The van der Waals surface area contributed by atoms with E-state index in [-0.39, 0.29) is 131 Å². The minimum absolute atomic E-state index is 0.00506. The van der Waals surface area contributed by atoms with E-state index in [2.05, 4.69) is 10.6 Å². The SMILES string of the molecule is CNC(Cc1ccc(OC(=O)CCc2ccc(O)c(O)c2)cc1)C(=O)OCCOC(=O)C(CC(=O)CC(CC(C)C)C(=O)OCCOC(=O)C(CC(C)C)NC(C)=O)Cc1ccc(OC(=O)CCc2ccc(O)c(O)c2)cc1. The summed E-state index contributed by atoms with van der Waals surface area (Å²) in [4.78, 5) is 104. The lowest BCUT2D eigenvalue weighted by atomic mass is 9.88. The van der Waals surface area contributed by atoms with E-state index in [0.29, 0.717) is 28.7 Å². The van der Waals surface area contributed by atoms with Gasteiger partial charge in [0, 0.05) is 32.6 Å². The van der Waals surface area contributed by atoms with Crippen molar-refractivity contribution in [2.45, 2.75) is 111 Å². The number of esters is 6. The molecule has 4 aromatic rings. The van der Waals surface area contributed by atoms with Crippen molar-refractivity contribution in [3.63, 3.8) is 0 Å². The Morgan fingerprint density at radius 2 is 0.872 bits per heavy atom. The Bertz CT molecular complexity index is 2650. The molecule has 422 valence electrons. The topological polar surface area (TPSA) is 297 Å². The van der Waals surface area contributed by atoms with Crippen LogP contribution in [0.5, 0.6) is 34.5 Å². The van der Waals surface area contributed by atoms with Crippen LogP contribution in [0.1, 0.15) is 95.4 Å². The number of nitrogens with one attached hydrogen (secondary N) is 2. The predicted molar refractivity (Wildman–Crippen MR) is 282 cm³/mol. The Balaban J connectivity index is 1.35. The van der Waals surface area contributed by atoms with Crippen molar-refractivity contribution in [1.82, 2.24) is 10.6 Å². The lowest BCUT2D eigenvalue weighted by molar-refractivity contribution is -0.158.